The molecule has 1 aromatic carbocycles. The highest BCUT2D eigenvalue weighted by atomic mass is 16.6. The summed E-state index contributed by atoms with van der Waals surface area (Å²) in [5, 5.41) is 11.8. The molecule has 0 spiro atoms. The fourth-order valence-corrected chi connectivity index (χ4v) is 1.85. The normalized spacial score (nSPS) is 14.8. The molecule has 5 nitrogen and oxygen atoms in total. The fraction of sp³-hybridized carbons (Fsp3) is 0.400. The van der Waals surface area contributed by atoms with E-state index in [0.717, 1.165) is 30.7 Å². The second-order valence-electron chi connectivity index (χ2n) is 4.91. The summed E-state index contributed by atoms with van der Waals surface area (Å²) in [6.07, 6.45) is 5.01. The number of aryl methyl sites for hydroxylation is 1. The quantitative estimate of drug-likeness (QED) is 0.598. The van der Waals surface area contributed by atoms with Crippen LogP contribution in [0.1, 0.15) is 48.6 Å². The van der Waals surface area contributed by atoms with Crippen molar-refractivity contribution in [3.05, 3.63) is 47.2 Å². The summed E-state index contributed by atoms with van der Waals surface area (Å²) in [4.78, 5) is 5.17. The van der Waals surface area contributed by atoms with E-state index in [1.54, 1.807) is 6.21 Å². The lowest BCUT2D eigenvalue weighted by molar-refractivity contribution is 0.111. The third-order valence-electron chi connectivity index (χ3n) is 3.26. The third-order valence-corrected chi connectivity index (χ3v) is 3.26. The molecular weight excluding hydrogens is 254 g/mol. The number of benzene rings is 1. The Hall–Kier alpha value is -2.17. The Balaban J connectivity index is 1.49. The Labute approximate surface area is 117 Å². The lowest BCUT2D eigenvalue weighted by Gasteiger charge is -1.97. The highest BCUT2D eigenvalue weighted by Gasteiger charge is 2.29. The first-order chi connectivity index (χ1) is 9.85. The molecule has 1 fully saturated rings. The molecule has 1 aliphatic carbocycles. The maximum atomic E-state index is 5.47. The molecule has 5 heteroatoms. The Morgan fingerprint density at radius 2 is 2.10 bits per heavy atom. The molecule has 0 saturated heterocycles. The predicted octanol–water partition coefficient (Wildman–Crippen LogP) is 3.06. The highest BCUT2D eigenvalue weighted by Crippen LogP contribution is 2.38. The first-order valence-corrected chi connectivity index (χ1v) is 6.91. The molecule has 20 heavy (non-hydrogen) atoms. The van der Waals surface area contributed by atoms with Crippen LogP contribution >= 0.6 is 0 Å². The Morgan fingerprint density at radius 3 is 2.80 bits per heavy atom. The molecule has 0 amide bonds. The van der Waals surface area contributed by atoms with Gasteiger partial charge < -0.3 is 9.25 Å². The van der Waals surface area contributed by atoms with E-state index in [4.69, 9.17) is 9.25 Å². The molecule has 0 bridgehead atoms. The minimum absolute atomic E-state index is 0.212. The van der Waals surface area contributed by atoms with Gasteiger partial charge in [-0.3, -0.25) is 0 Å². The van der Waals surface area contributed by atoms with E-state index in [1.807, 2.05) is 12.1 Å². The highest BCUT2D eigenvalue weighted by molar-refractivity contribution is 5.79. The summed E-state index contributed by atoms with van der Waals surface area (Å²) in [5.74, 6) is 1.67. The van der Waals surface area contributed by atoms with Gasteiger partial charge in [0.2, 0.25) is 5.89 Å². The van der Waals surface area contributed by atoms with Crippen LogP contribution in [0, 0.1) is 0 Å². The zero-order valence-corrected chi connectivity index (χ0v) is 11.5. The van der Waals surface area contributed by atoms with Gasteiger partial charge in [-0.2, -0.15) is 0 Å². The van der Waals surface area contributed by atoms with E-state index in [-0.39, 0.29) is 6.61 Å². The molecule has 104 valence electrons. The summed E-state index contributed by atoms with van der Waals surface area (Å²) >= 11 is 0. The van der Waals surface area contributed by atoms with Gasteiger partial charge in [0.15, 0.2) is 6.61 Å². The van der Waals surface area contributed by atoms with Crippen molar-refractivity contribution in [2.75, 3.05) is 0 Å². The van der Waals surface area contributed by atoms with Crippen LogP contribution in [0.25, 0.3) is 0 Å². The molecule has 0 N–H and O–H groups in total. The minimum atomic E-state index is 0.212. The number of hydrogen-bond donors (Lipinski definition) is 0. The van der Waals surface area contributed by atoms with Crippen molar-refractivity contribution in [2.45, 2.75) is 38.7 Å². The zero-order valence-electron chi connectivity index (χ0n) is 11.5. The number of hydrogen-bond acceptors (Lipinski definition) is 5. The standard InChI is InChI=1S/C15H17N3O2/c1-2-11-3-5-12(6-4-11)9-16-19-10-14-17-18-15(20-14)13-7-8-13/h3-6,9,13H,2,7-8,10H2,1H3/b16-9+. The van der Waals surface area contributed by atoms with E-state index in [9.17, 15) is 0 Å². The molecule has 1 heterocycles. The van der Waals surface area contributed by atoms with Crippen LogP contribution in [0.5, 0.6) is 0 Å². The van der Waals surface area contributed by atoms with Gasteiger partial charge in [0.05, 0.1) is 6.21 Å². The van der Waals surface area contributed by atoms with Crippen LogP contribution in [0.4, 0.5) is 0 Å². The van der Waals surface area contributed by atoms with Crippen molar-refractivity contribution in [3.8, 4) is 0 Å². The van der Waals surface area contributed by atoms with Gasteiger partial charge in [-0.25, -0.2) is 0 Å². The number of rotatable bonds is 6. The average Bonchev–Trinajstić information content (AvgIpc) is 3.24. The van der Waals surface area contributed by atoms with Crippen LogP contribution in [0.15, 0.2) is 33.8 Å². The van der Waals surface area contributed by atoms with E-state index in [2.05, 4.69) is 34.4 Å². The first kappa shape index (κ1) is 12.8. The van der Waals surface area contributed by atoms with Crippen molar-refractivity contribution in [1.82, 2.24) is 10.2 Å². The Kier molecular flexibility index (Phi) is 3.76. The molecule has 0 aliphatic heterocycles. The van der Waals surface area contributed by atoms with Crippen molar-refractivity contribution < 1.29 is 9.25 Å². The minimum Gasteiger partial charge on any atom is -0.421 e. The van der Waals surface area contributed by atoms with Crippen LogP contribution in [-0.2, 0) is 17.9 Å². The summed E-state index contributed by atoms with van der Waals surface area (Å²) in [6.45, 7) is 2.34. The van der Waals surface area contributed by atoms with Gasteiger partial charge >= 0.3 is 0 Å². The zero-order chi connectivity index (χ0) is 13.8. The molecular formula is C15H17N3O2. The average molecular weight is 271 g/mol. The lowest BCUT2D eigenvalue weighted by Crippen LogP contribution is -1.89. The van der Waals surface area contributed by atoms with E-state index < -0.39 is 0 Å². The molecule has 0 atom stereocenters. The molecule has 0 unspecified atom stereocenters. The van der Waals surface area contributed by atoms with E-state index in [0.29, 0.717) is 11.8 Å². The van der Waals surface area contributed by atoms with Crippen molar-refractivity contribution in [1.29, 1.82) is 0 Å². The van der Waals surface area contributed by atoms with Gasteiger partial charge in [0.25, 0.3) is 5.89 Å². The van der Waals surface area contributed by atoms with Gasteiger partial charge in [0.1, 0.15) is 0 Å². The van der Waals surface area contributed by atoms with Crippen LogP contribution < -0.4 is 0 Å². The largest absolute Gasteiger partial charge is 0.421 e. The number of aromatic nitrogens is 2. The fourth-order valence-electron chi connectivity index (χ4n) is 1.85. The van der Waals surface area contributed by atoms with Gasteiger partial charge in [-0.15, -0.1) is 10.2 Å². The summed E-state index contributed by atoms with van der Waals surface area (Å²) in [5.41, 5.74) is 2.31. The number of nitrogens with zero attached hydrogens (tertiary/aromatic N) is 3. The Morgan fingerprint density at radius 1 is 1.30 bits per heavy atom. The third kappa shape index (κ3) is 3.23. The molecule has 2 aromatic rings. The van der Waals surface area contributed by atoms with Crippen LogP contribution in [0.3, 0.4) is 0 Å². The second-order valence-corrected chi connectivity index (χ2v) is 4.91. The predicted molar refractivity (Wildman–Crippen MR) is 74.5 cm³/mol. The number of oxime groups is 1. The van der Waals surface area contributed by atoms with Gasteiger partial charge in [-0.1, -0.05) is 36.3 Å². The second kappa shape index (κ2) is 5.86. The first-order valence-electron chi connectivity index (χ1n) is 6.91. The van der Waals surface area contributed by atoms with Crippen molar-refractivity contribution in [2.24, 2.45) is 5.16 Å². The maximum absolute atomic E-state index is 5.47. The van der Waals surface area contributed by atoms with Crippen molar-refractivity contribution >= 4 is 6.21 Å². The van der Waals surface area contributed by atoms with Gasteiger partial charge in [0, 0.05) is 5.92 Å². The van der Waals surface area contributed by atoms with Crippen molar-refractivity contribution in [3.63, 3.8) is 0 Å². The molecule has 0 radical (unpaired) electrons. The summed E-state index contributed by atoms with van der Waals surface area (Å²) in [7, 11) is 0. The Bertz CT molecular complexity index is 585. The van der Waals surface area contributed by atoms with Gasteiger partial charge in [-0.05, 0) is 30.4 Å². The molecule has 1 aliphatic rings. The summed E-state index contributed by atoms with van der Waals surface area (Å²) in [6, 6.07) is 8.20. The molecule has 1 aromatic heterocycles. The monoisotopic (exact) mass is 271 g/mol. The molecule has 3 rings (SSSR count). The molecule has 1 saturated carbocycles. The van der Waals surface area contributed by atoms with Crippen LogP contribution in [-0.4, -0.2) is 16.4 Å². The SMILES string of the molecule is CCc1ccc(/C=N/OCc2nnc(C3CC3)o2)cc1. The summed E-state index contributed by atoms with van der Waals surface area (Å²) < 4.78 is 5.47. The topological polar surface area (TPSA) is 60.5 Å². The maximum Gasteiger partial charge on any atom is 0.256 e. The smallest absolute Gasteiger partial charge is 0.256 e. The van der Waals surface area contributed by atoms with E-state index >= 15 is 0 Å². The van der Waals surface area contributed by atoms with Crippen LogP contribution in [0.2, 0.25) is 0 Å². The lowest BCUT2D eigenvalue weighted by atomic mass is 10.1. The van der Waals surface area contributed by atoms with E-state index in [1.165, 1.54) is 5.56 Å².